The van der Waals surface area contributed by atoms with Crippen LogP contribution in [0.25, 0.3) is 0 Å². The summed E-state index contributed by atoms with van der Waals surface area (Å²) in [6.07, 6.45) is 34.8. The van der Waals surface area contributed by atoms with E-state index in [0.717, 1.165) is 18.3 Å². The summed E-state index contributed by atoms with van der Waals surface area (Å²) in [5.41, 5.74) is 0. The highest BCUT2D eigenvalue weighted by molar-refractivity contribution is 8.02. The van der Waals surface area contributed by atoms with Gasteiger partial charge in [0.15, 0.2) is 0 Å². The molecule has 0 bridgehead atoms. The summed E-state index contributed by atoms with van der Waals surface area (Å²) in [6.45, 7) is 23.8. The quantitative estimate of drug-likeness (QED) is 0.105. The normalized spacial score (nSPS) is 29.8. The molecule has 0 aromatic carbocycles. The lowest BCUT2D eigenvalue weighted by Crippen LogP contribution is -2.14. The van der Waals surface area contributed by atoms with Gasteiger partial charge in [-0.2, -0.15) is 0 Å². The van der Waals surface area contributed by atoms with Gasteiger partial charge in [-0.1, -0.05) is 103 Å². The minimum absolute atomic E-state index is 0. The van der Waals surface area contributed by atoms with Crippen LogP contribution in [-0.2, 0) is 0 Å². The number of fused-ring (bicyclic) bond motifs is 1. The molecule has 0 aromatic heterocycles. The lowest BCUT2D eigenvalue weighted by atomic mass is 9.83. The molecule has 3 rings (SSSR count). The highest BCUT2D eigenvalue weighted by Crippen LogP contribution is 2.50. The molecule has 2 saturated carbocycles. The fourth-order valence-corrected chi connectivity index (χ4v) is 6.55. The Morgan fingerprint density at radius 2 is 1.32 bits per heavy atom. The number of unbranched alkanes of at least 4 members (excludes halogenated alkanes) is 5. The van der Waals surface area contributed by atoms with Crippen LogP contribution in [-0.4, -0.2) is 7.92 Å². The van der Waals surface area contributed by atoms with E-state index in [4.69, 9.17) is 2.65 Å². The second kappa shape index (κ2) is 28.9. The first-order valence-corrected chi connectivity index (χ1v) is 17.0. The Hall–Kier alpha value is -1.22. The van der Waals surface area contributed by atoms with E-state index in [1.165, 1.54) is 57.8 Å². The van der Waals surface area contributed by atoms with E-state index in [9.17, 15) is 0 Å². The van der Waals surface area contributed by atoms with E-state index in [-0.39, 0.29) is 36.3 Å². The molecular formula is C39H72P2. The molecule has 10 atom stereocenters. The zero-order valence-electron chi connectivity index (χ0n) is 25.4. The maximum absolute atomic E-state index is 6.67. The van der Waals surface area contributed by atoms with Crippen LogP contribution in [0.1, 0.15) is 95.3 Å². The molecule has 2 fully saturated rings. The second-order valence-corrected chi connectivity index (χ2v) is 12.1. The van der Waals surface area contributed by atoms with Gasteiger partial charge < -0.3 is 0 Å². The molecule has 0 heterocycles. The zero-order chi connectivity index (χ0) is 29.0. The molecule has 10 unspecified atom stereocenters. The first-order chi connectivity index (χ1) is 18.9. The highest BCUT2D eigenvalue weighted by atomic mass is 32.0. The molecule has 0 N–H and O–H groups in total. The van der Waals surface area contributed by atoms with Crippen LogP contribution in [0.5, 0.6) is 0 Å². The van der Waals surface area contributed by atoms with E-state index in [0.29, 0.717) is 35.5 Å². The van der Waals surface area contributed by atoms with Gasteiger partial charge in [-0.05, 0) is 105 Å². The summed E-state index contributed by atoms with van der Waals surface area (Å²) in [4.78, 5) is 0. The van der Waals surface area contributed by atoms with Crippen molar-refractivity contribution in [2.75, 3.05) is 6.64 Å². The summed E-state index contributed by atoms with van der Waals surface area (Å²) in [5.74, 6) is 5.26. The first kappa shape index (κ1) is 41.9. The van der Waals surface area contributed by atoms with Crippen LogP contribution in [0.4, 0.5) is 0 Å². The van der Waals surface area contributed by atoms with Crippen LogP contribution >= 0.6 is 17.1 Å². The van der Waals surface area contributed by atoms with Crippen LogP contribution in [0.2, 0.25) is 0 Å². The lowest BCUT2D eigenvalue weighted by molar-refractivity contribution is 0.386. The number of hydrogen-bond donors (Lipinski definition) is 0. The van der Waals surface area contributed by atoms with Crippen molar-refractivity contribution in [2.24, 2.45) is 47.3 Å². The van der Waals surface area contributed by atoms with Crippen LogP contribution in [0.15, 0.2) is 100 Å². The molecule has 41 heavy (non-hydrogen) atoms. The van der Waals surface area contributed by atoms with Gasteiger partial charge in [-0.25, -0.2) is 0 Å². The van der Waals surface area contributed by atoms with Crippen molar-refractivity contribution in [1.29, 1.82) is 1.28 Å². The van der Waals surface area contributed by atoms with Crippen molar-refractivity contribution >= 4 is 17.1 Å². The Balaban J connectivity index is -0.000000341. The molecule has 0 aliphatic heterocycles. The van der Waals surface area contributed by atoms with E-state index in [1.807, 2.05) is 12.2 Å². The third-order valence-electron chi connectivity index (χ3n) is 8.42. The average Bonchev–Trinajstić information content (AvgIpc) is 3.64. The molecule has 3 aliphatic rings. The third-order valence-corrected chi connectivity index (χ3v) is 8.42. The maximum Gasteiger partial charge on any atom is 0.0620 e. The van der Waals surface area contributed by atoms with Crippen molar-refractivity contribution in [1.82, 2.24) is 0 Å². The Morgan fingerprint density at radius 3 is 1.78 bits per heavy atom. The molecular weight excluding hydrogens is 530 g/mol. The van der Waals surface area contributed by atoms with Crippen LogP contribution in [0.3, 0.4) is 0 Å². The monoisotopic (exact) mass is 605 g/mol. The zero-order valence-corrected chi connectivity index (χ0v) is 25.5. The van der Waals surface area contributed by atoms with Gasteiger partial charge in [0.25, 0.3) is 0 Å². The van der Waals surface area contributed by atoms with E-state index in [1.54, 1.807) is 0 Å². The molecule has 0 amide bonds. The summed E-state index contributed by atoms with van der Waals surface area (Å²) >= 11 is 0. The molecule has 0 radical (unpaired) electrons. The Bertz CT molecular complexity index is 787. The van der Waals surface area contributed by atoms with Gasteiger partial charge in [0.2, 0.25) is 0 Å². The number of hydrogen-bond acceptors (Lipinski definition) is 0. The molecule has 0 nitrogen and oxygen atoms in total. The fourth-order valence-electron chi connectivity index (χ4n) is 6.55. The predicted molar refractivity (Wildman–Crippen MR) is 204 cm³/mol. The second-order valence-electron chi connectivity index (χ2n) is 10.6. The van der Waals surface area contributed by atoms with Crippen molar-refractivity contribution in [3.63, 3.8) is 0 Å². The number of allylic oxidation sites excluding steroid dienone is 10. The smallest absolute Gasteiger partial charge is 0.0620 e. The standard InChI is InChI=1S/C24H32.C10H18.CH6P2.4CH4/c1-5-10-22-17(6-2)15-19(21(22)8-4)13-14-20-16-18(7-3)23-11-9-12-24(20)23;1-3-5-7-9-10-8-6-4-2;1-3-2;;;;/h5-9,11,13-14,17-24H,1-4,10,12,15-16H2;3-4H,1-2,5-10H2;3H,2H2,1H3;4*1H4/b14-13-;;;;;;/i;;1D,3D;;;;. The van der Waals surface area contributed by atoms with Crippen molar-refractivity contribution in [3.05, 3.63) is 100 Å². The van der Waals surface area contributed by atoms with E-state index in [2.05, 4.69) is 97.0 Å². The Morgan fingerprint density at radius 1 is 0.780 bits per heavy atom. The topological polar surface area (TPSA) is 0 Å². The van der Waals surface area contributed by atoms with E-state index < -0.39 is 8.21 Å². The van der Waals surface area contributed by atoms with E-state index >= 15 is 0 Å². The number of rotatable bonds is 14. The Kier molecular flexibility index (Phi) is 29.5. The first-order valence-electron chi connectivity index (χ1n) is 15.4. The molecule has 238 valence electrons. The van der Waals surface area contributed by atoms with Gasteiger partial charge in [0.1, 0.15) is 0 Å². The predicted octanol–water partition coefficient (Wildman–Crippen LogP) is 13.7. The SMILES string of the molecule is C.C.C.C.C=CCC1C(C=C)CC(/C=C\C2CC(C=C)C3C=CCC23)C1C=C.C=CCCCCCCC=C.[2H]CP([2H])P. The maximum atomic E-state index is 6.67. The van der Waals surface area contributed by atoms with Crippen molar-refractivity contribution in [3.8, 4) is 0 Å². The van der Waals surface area contributed by atoms with Gasteiger partial charge in [0.05, 0.1) is 1.28 Å². The molecule has 0 saturated heterocycles. The third kappa shape index (κ3) is 15.7. The molecule has 2 heteroatoms. The van der Waals surface area contributed by atoms with Crippen molar-refractivity contribution in [2.45, 2.75) is 93.9 Å². The van der Waals surface area contributed by atoms with Gasteiger partial charge in [-0.3, -0.25) is 0 Å². The summed E-state index contributed by atoms with van der Waals surface area (Å²) in [6, 6.07) is 0. The van der Waals surface area contributed by atoms with Crippen LogP contribution < -0.4 is 0 Å². The lowest BCUT2D eigenvalue weighted by Gasteiger charge is -2.21. The van der Waals surface area contributed by atoms with Gasteiger partial charge in [0, 0.05) is 1.37 Å². The fraction of sp³-hybridized carbons (Fsp3) is 0.590. The minimum Gasteiger partial charge on any atom is -0.115 e. The summed E-state index contributed by atoms with van der Waals surface area (Å²) in [5, 5.41) is 0. The van der Waals surface area contributed by atoms with Crippen LogP contribution in [0, 0.1) is 47.3 Å². The Labute approximate surface area is 267 Å². The minimum atomic E-state index is -0.765. The highest BCUT2D eigenvalue weighted by Gasteiger charge is 2.42. The molecule has 3 aliphatic carbocycles. The summed E-state index contributed by atoms with van der Waals surface area (Å²) in [7, 11) is 1.51. The van der Waals surface area contributed by atoms with Gasteiger partial charge in [-0.15, -0.1) is 56.6 Å². The average molecular weight is 605 g/mol. The molecule has 0 spiro atoms. The summed E-state index contributed by atoms with van der Waals surface area (Å²) < 4.78 is 13.1. The molecule has 0 aromatic rings. The largest absolute Gasteiger partial charge is 0.115 e. The van der Waals surface area contributed by atoms with Gasteiger partial charge >= 0.3 is 0 Å². The van der Waals surface area contributed by atoms with Crippen molar-refractivity contribution < 1.29 is 1.37 Å².